The van der Waals surface area contributed by atoms with Crippen LogP contribution in [0.1, 0.15) is 24.5 Å². The lowest BCUT2D eigenvalue weighted by Gasteiger charge is -1.92. The Morgan fingerprint density at radius 2 is 1.45 bits per heavy atom. The topological polar surface area (TPSA) is 0 Å². The molecule has 11 heavy (non-hydrogen) atoms. The molecule has 0 unspecified atom stereocenters. The molecule has 2 rings (SSSR count). The molecule has 0 heterocycles. The van der Waals surface area contributed by atoms with E-state index in [1.165, 1.54) is 11.1 Å². The molecule has 1 aliphatic carbocycles. The monoisotopic (exact) mass is 145 g/mol. The van der Waals surface area contributed by atoms with Crippen molar-refractivity contribution in [2.75, 3.05) is 0 Å². The summed E-state index contributed by atoms with van der Waals surface area (Å²) in [5, 5.41) is 0. The van der Waals surface area contributed by atoms with Crippen LogP contribution in [0.15, 0.2) is 24.3 Å². The van der Waals surface area contributed by atoms with Crippen molar-refractivity contribution in [3.05, 3.63) is 55.2 Å². The van der Waals surface area contributed by atoms with Gasteiger partial charge in [-0.25, -0.2) is 0 Å². The SMILES string of the molecule is [CH2]C.[CH]1C[CH]c2ccccc21. The average Bonchev–Trinajstić information content (AvgIpc) is 2.55. The van der Waals surface area contributed by atoms with Crippen molar-refractivity contribution in [1.29, 1.82) is 0 Å². The van der Waals surface area contributed by atoms with Crippen molar-refractivity contribution >= 4 is 0 Å². The first kappa shape index (κ1) is 8.32. The first-order valence-corrected chi connectivity index (χ1v) is 3.93. The first-order chi connectivity index (χ1) is 5.47. The summed E-state index contributed by atoms with van der Waals surface area (Å²) in [5.74, 6) is 0. The molecule has 0 N–H and O–H groups in total. The zero-order valence-electron chi connectivity index (χ0n) is 6.88. The van der Waals surface area contributed by atoms with Crippen LogP contribution in [0.4, 0.5) is 0 Å². The van der Waals surface area contributed by atoms with Gasteiger partial charge in [-0.15, -0.1) is 0 Å². The summed E-state index contributed by atoms with van der Waals surface area (Å²) in [4.78, 5) is 0. The van der Waals surface area contributed by atoms with E-state index in [9.17, 15) is 0 Å². The fourth-order valence-electron chi connectivity index (χ4n) is 1.20. The molecule has 1 aromatic carbocycles. The van der Waals surface area contributed by atoms with Crippen molar-refractivity contribution in [3.63, 3.8) is 0 Å². The molecule has 1 aromatic rings. The Labute approximate surface area is 69.3 Å². The van der Waals surface area contributed by atoms with Crippen molar-refractivity contribution in [2.45, 2.75) is 13.3 Å². The molecule has 0 fully saturated rings. The molecule has 0 atom stereocenters. The van der Waals surface area contributed by atoms with Crippen LogP contribution in [0.2, 0.25) is 0 Å². The van der Waals surface area contributed by atoms with Gasteiger partial charge < -0.3 is 0 Å². The Kier molecular flexibility index (Phi) is 3.15. The number of fused-ring (bicyclic) bond motifs is 1. The van der Waals surface area contributed by atoms with E-state index >= 15 is 0 Å². The van der Waals surface area contributed by atoms with E-state index in [0.717, 1.165) is 6.42 Å². The number of rotatable bonds is 0. The lowest BCUT2D eigenvalue weighted by atomic mass is 10.1. The molecule has 0 saturated carbocycles. The summed E-state index contributed by atoms with van der Waals surface area (Å²) >= 11 is 0. The van der Waals surface area contributed by atoms with Crippen LogP contribution in [-0.4, -0.2) is 0 Å². The average molecular weight is 145 g/mol. The Hall–Kier alpha value is -0.780. The van der Waals surface area contributed by atoms with Crippen molar-refractivity contribution in [2.24, 2.45) is 0 Å². The maximum atomic E-state index is 3.25. The standard InChI is InChI=1S/C9H8.C2H5/c1-2-5-9-7-3-6-8(9)4-1;1-2/h1-2,4-7H,3H2;1H2,2H3. The first-order valence-electron chi connectivity index (χ1n) is 3.93. The van der Waals surface area contributed by atoms with E-state index in [1.807, 2.05) is 0 Å². The maximum Gasteiger partial charge on any atom is -0.00839 e. The molecule has 0 amide bonds. The third-order valence-electron chi connectivity index (χ3n) is 1.67. The van der Waals surface area contributed by atoms with Gasteiger partial charge in [0.2, 0.25) is 0 Å². The molecule has 0 aromatic heterocycles. The van der Waals surface area contributed by atoms with E-state index in [4.69, 9.17) is 0 Å². The summed E-state index contributed by atoms with van der Waals surface area (Å²) in [6, 6.07) is 8.46. The van der Waals surface area contributed by atoms with E-state index < -0.39 is 0 Å². The van der Waals surface area contributed by atoms with Crippen LogP contribution < -0.4 is 0 Å². The van der Waals surface area contributed by atoms with E-state index in [-0.39, 0.29) is 0 Å². The highest BCUT2D eigenvalue weighted by atomic mass is 14.1. The normalized spacial score (nSPS) is 13.3. The van der Waals surface area contributed by atoms with Gasteiger partial charge in [0.15, 0.2) is 0 Å². The Balaban J connectivity index is 0.000000281. The highest BCUT2D eigenvalue weighted by Crippen LogP contribution is 2.23. The largest absolute Gasteiger partial charge is 0.0654 e. The zero-order chi connectivity index (χ0) is 8.10. The van der Waals surface area contributed by atoms with E-state index in [0.29, 0.717) is 0 Å². The number of hydrogen-bond donors (Lipinski definition) is 0. The van der Waals surface area contributed by atoms with Gasteiger partial charge in [-0.2, -0.15) is 0 Å². The number of benzene rings is 1. The van der Waals surface area contributed by atoms with Gasteiger partial charge in [0.25, 0.3) is 0 Å². The summed E-state index contributed by atoms with van der Waals surface area (Å²) in [5.41, 5.74) is 2.77. The zero-order valence-corrected chi connectivity index (χ0v) is 6.88. The van der Waals surface area contributed by atoms with Gasteiger partial charge in [0, 0.05) is 0 Å². The minimum Gasteiger partial charge on any atom is -0.0654 e. The molecule has 57 valence electrons. The van der Waals surface area contributed by atoms with Crippen LogP contribution in [0.3, 0.4) is 0 Å². The molecule has 0 saturated heterocycles. The van der Waals surface area contributed by atoms with E-state index in [1.54, 1.807) is 6.92 Å². The molecular formula is C11H13. The van der Waals surface area contributed by atoms with Gasteiger partial charge in [-0.3, -0.25) is 0 Å². The van der Waals surface area contributed by atoms with Crippen molar-refractivity contribution in [1.82, 2.24) is 0 Å². The van der Waals surface area contributed by atoms with Crippen molar-refractivity contribution in [3.8, 4) is 0 Å². The third kappa shape index (κ3) is 1.83. The predicted molar refractivity (Wildman–Crippen MR) is 48.9 cm³/mol. The van der Waals surface area contributed by atoms with Crippen LogP contribution in [-0.2, 0) is 0 Å². The van der Waals surface area contributed by atoms with Gasteiger partial charge in [0.1, 0.15) is 0 Å². The molecule has 0 spiro atoms. The van der Waals surface area contributed by atoms with E-state index in [2.05, 4.69) is 44.0 Å². The smallest absolute Gasteiger partial charge is 0.00839 e. The summed E-state index contributed by atoms with van der Waals surface area (Å²) in [6.45, 7) is 5.00. The summed E-state index contributed by atoms with van der Waals surface area (Å²) < 4.78 is 0. The second-order valence-electron chi connectivity index (χ2n) is 2.27. The van der Waals surface area contributed by atoms with Gasteiger partial charge in [-0.1, -0.05) is 38.1 Å². The highest BCUT2D eigenvalue weighted by molar-refractivity contribution is 5.43. The molecule has 3 radical (unpaired) electrons. The third-order valence-corrected chi connectivity index (χ3v) is 1.67. The number of hydrogen-bond acceptors (Lipinski definition) is 0. The van der Waals surface area contributed by atoms with Crippen LogP contribution in [0.5, 0.6) is 0 Å². The molecule has 0 bridgehead atoms. The van der Waals surface area contributed by atoms with Gasteiger partial charge in [-0.05, 0) is 30.4 Å². The minimum absolute atomic E-state index is 1.11. The molecule has 1 aliphatic rings. The Morgan fingerprint density at radius 1 is 1.00 bits per heavy atom. The fraction of sp³-hybridized carbons (Fsp3) is 0.182. The Morgan fingerprint density at radius 3 is 1.91 bits per heavy atom. The molecular weight excluding hydrogens is 132 g/mol. The summed E-state index contributed by atoms with van der Waals surface area (Å²) in [6.07, 6.45) is 5.60. The van der Waals surface area contributed by atoms with Crippen LogP contribution in [0.25, 0.3) is 0 Å². The second kappa shape index (κ2) is 4.17. The quantitative estimate of drug-likeness (QED) is 0.526. The minimum atomic E-state index is 1.11. The molecule has 0 heteroatoms. The van der Waals surface area contributed by atoms with Gasteiger partial charge >= 0.3 is 0 Å². The lowest BCUT2D eigenvalue weighted by Crippen LogP contribution is -1.74. The molecule has 0 nitrogen and oxygen atoms in total. The summed E-state index contributed by atoms with van der Waals surface area (Å²) in [7, 11) is 0. The van der Waals surface area contributed by atoms with Crippen LogP contribution in [0, 0.1) is 19.8 Å². The lowest BCUT2D eigenvalue weighted by molar-refractivity contribution is 1.26. The molecule has 0 aliphatic heterocycles. The Bertz CT molecular complexity index is 190. The highest BCUT2D eigenvalue weighted by Gasteiger charge is 2.08. The van der Waals surface area contributed by atoms with Gasteiger partial charge in [0.05, 0.1) is 0 Å². The second-order valence-corrected chi connectivity index (χ2v) is 2.27. The fourth-order valence-corrected chi connectivity index (χ4v) is 1.20. The maximum absolute atomic E-state index is 3.25. The van der Waals surface area contributed by atoms with Crippen molar-refractivity contribution < 1.29 is 0 Å². The predicted octanol–water partition coefficient (Wildman–Crippen LogP) is 3.04. The van der Waals surface area contributed by atoms with Crippen LogP contribution >= 0.6 is 0 Å².